The van der Waals surface area contributed by atoms with Crippen LogP contribution in [0.25, 0.3) is 0 Å². The molecule has 2 fully saturated rings. The van der Waals surface area contributed by atoms with Crippen LogP contribution in [0.4, 0.5) is 0 Å². The summed E-state index contributed by atoms with van der Waals surface area (Å²) in [5, 5.41) is 40.1. The lowest BCUT2D eigenvalue weighted by Crippen LogP contribution is -2.57. The van der Waals surface area contributed by atoms with Crippen LogP contribution < -0.4 is 4.74 Å². The summed E-state index contributed by atoms with van der Waals surface area (Å²) in [4.78, 5) is 0. The van der Waals surface area contributed by atoms with Crippen LogP contribution in [-0.2, 0) is 21.9 Å². The number of nitriles is 3. The molecule has 2 aliphatic heterocycles. The van der Waals surface area contributed by atoms with Crippen molar-refractivity contribution in [1.82, 2.24) is 0 Å². The van der Waals surface area contributed by atoms with E-state index >= 15 is 0 Å². The second kappa shape index (κ2) is 9.05. The lowest BCUT2D eigenvalue weighted by molar-refractivity contribution is -0.288. The zero-order chi connectivity index (χ0) is 26.3. The first kappa shape index (κ1) is 24.5. The Bertz CT molecular complexity index is 1470. The summed E-state index contributed by atoms with van der Waals surface area (Å²) in [7, 11) is 0. The maximum absolute atomic E-state index is 10.5. The molecule has 2 heterocycles. The van der Waals surface area contributed by atoms with Crippen LogP contribution >= 0.6 is 15.9 Å². The van der Waals surface area contributed by atoms with Gasteiger partial charge in [-0.25, -0.2) is 0 Å². The van der Waals surface area contributed by atoms with E-state index < -0.39 is 34.5 Å². The fourth-order valence-corrected chi connectivity index (χ4v) is 5.62. The van der Waals surface area contributed by atoms with E-state index in [-0.39, 0.29) is 0 Å². The van der Waals surface area contributed by atoms with Gasteiger partial charge in [-0.3, -0.25) is 5.41 Å². The minimum Gasteiger partial charge on any atom is -0.489 e. The van der Waals surface area contributed by atoms with Gasteiger partial charge in [-0.1, -0.05) is 77.5 Å². The van der Waals surface area contributed by atoms with Crippen molar-refractivity contribution in [2.75, 3.05) is 0 Å². The molecule has 3 aromatic rings. The SMILES string of the molecule is CC1C2(c3ccc(Br)cc3)OC(=N)C1(C#N)C(C#N)(C#N)C(c1cccc(OCc3ccccc3)c1)O2. The van der Waals surface area contributed by atoms with Crippen molar-refractivity contribution < 1.29 is 14.2 Å². The molecule has 0 aliphatic carbocycles. The first-order chi connectivity index (χ1) is 17.9. The van der Waals surface area contributed by atoms with Crippen molar-refractivity contribution in [1.29, 1.82) is 21.2 Å². The summed E-state index contributed by atoms with van der Waals surface area (Å²) >= 11 is 3.42. The maximum atomic E-state index is 10.5. The largest absolute Gasteiger partial charge is 0.489 e. The molecule has 0 saturated carbocycles. The summed E-state index contributed by atoms with van der Waals surface area (Å²) in [5.74, 6) is -2.31. The fourth-order valence-electron chi connectivity index (χ4n) is 5.36. The Morgan fingerprint density at radius 2 is 1.65 bits per heavy atom. The number of fused-ring (bicyclic) bond motifs is 2. The quantitative estimate of drug-likeness (QED) is 0.405. The lowest BCUT2D eigenvalue weighted by atomic mass is 9.53. The van der Waals surface area contributed by atoms with Crippen LogP contribution in [0.3, 0.4) is 0 Å². The number of hydrogen-bond donors (Lipinski definition) is 1. The van der Waals surface area contributed by atoms with Crippen molar-refractivity contribution in [3.8, 4) is 24.0 Å². The number of nitrogens with zero attached hydrogens (tertiary/aromatic N) is 3. The van der Waals surface area contributed by atoms with Gasteiger partial charge in [-0.2, -0.15) is 15.8 Å². The number of hydrogen-bond acceptors (Lipinski definition) is 7. The average Bonchev–Trinajstić information content (AvgIpc) is 3.09. The molecule has 2 aliphatic rings. The summed E-state index contributed by atoms with van der Waals surface area (Å²) < 4.78 is 19.4. The smallest absolute Gasteiger partial charge is 0.244 e. The standard InChI is InChI=1S/C29H21BrN4O3/c1-19-28(18-33)26(34)37-29(19,22-10-12-23(30)13-11-22)36-25(27(28,16-31)17-32)21-8-5-9-24(14-21)35-15-20-6-3-2-4-7-20/h2-14,19,25,34H,15H2,1H3. The second-order valence-electron chi connectivity index (χ2n) is 9.12. The highest BCUT2D eigenvalue weighted by Crippen LogP contribution is 2.69. The molecule has 4 unspecified atom stereocenters. The average molecular weight is 553 g/mol. The van der Waals surface area contributed by atoms with Gasteiger partial charge in [0.15, 0.2) is 5.41 Å². The third kappa shape index (κ3) is 3.44. The number of halogens is 1. The molecule has 37 heavy (non-hydrogen) atoms. The molecule has 8 heteroatoms. The predicted octanol–water partition coefficient (Wildman–Crippen LogP) is 6.14. The maximum Gasteiger partial charge on any atom is 0.244 e. The molecule has 4 atom stereocenters. The van der Waals surface area contributed by atoms with E-state index in [1.807, 2.05) is 42.5 Å². The summed E-state index contributed by atoms with van der Waals surface area (Å²) in [5.41, 5.74) is -1.88. The van der Waals surface area contributed by atoms with Crippen LogP contribution in [0.5, 0.6) is 5.75 Å². The van der Waals surface area contributed by atoms with Crippen molar-refractivity contribution >= 4 is 21.8 Å². The number of ether oxygens (including phenoxy) is 3. The molecule has 0 amide bonds. The molecule has 0 radical (unpaired) electrons. The highest BCUT2D eigenvalue weighted by Gasteiger charge is 2.79. The van der Waals surface area contributed by atoms with Crippen LogP contribution in [0.15, 0.2) is 83.3 Å². The highest BCUT2D eigenvalue weighted by atomic mass is 79.9. The first-order valence-corrected chi connectivity index (χ1v) is 12.4. The molecule has 182 valence electrons. The Labute approximate surface area is 223 Å². The third-order valence-corrected chi connectivity index (χ3v) is 7.85. The van der Waals surface area contributed by atoms with Gasteiger partial charge in [0.05, 0.1) is 24.1 Å². The van der Waals surface area contributed by atoms with Gasteiger partial charge in [0.1, 0.15) is 18.5 Å². The van der Waals surface area contributed by atoms with E-state index in [0.29, 0.717) is 23.5 Å². The fraction of sp³-hybridized carbons (Fsp3) is 0.241. The molecule has 1 N–H and O–H groups in total. The highest BCUT2D eigenvalue weighted by molar-refractivity contribution is 9.10. The zero-order valence-electron chi connectivity index (χ0n) is 19.8. The van der Waals surface area contributed by atoms with Crippen molar-refractivity contribution in [2.45, 2.75) is 25.4 Å². The van der Waals surface area contributed by atoms with E-state index in [4.69, 9.17) is 19.6 Å². The molecular formula is C29H21BrN4O3. The van der Waals surface area contributed by atoms with Crippen molar-refractivity contribution in [3.63, 3.8) is 0 Å². The van der Waals surface area contributed by atoms with Gasteiger partial charge < -0.3 is 14.2 Å². The van der Waals surface area contributed by atoms with Gasteiger partial charge in [0.25, 0.3) is 0 Å². The summed E-state index contributed by atoms with van der Waals surface area (Å²) in [6.45, 7) is 2.01. The van der Waals surface area contributed by atoms with Gasteiger partial charge in [-0.15, -0.1) is 0 Å². The van der Waals surface area contributed by atoms with Crippen LogP contribution in [-0.4, -0.2) is 5.90 Å². The van der Waals surface area contributed by atoms with Crippen LogP contribution in [0, 0.1) is 56.2 Å². The monoisotopic (exact) mass is 552 g/mol. The minimum absolute atomic E-state index is 0.327. The molecular weight excluding hydrogens is 532 g/mol. The van der Waals surface area contributed by atoms with Gasteiger partial charge in [-0.05, 0) is 35.4 Å². The number of nitrogens with one attached hydrogen (secondary N) is 1. The Morgan fingerprint density at radius 3 is 2.30 bits per heavy atom. The first-order valence-electron chi connectivity index (χ1n) is 11.6. The molecule has 7 nitrogen and oxygen atoms in total. The Hall–Kier alpha value is -4.16. The van der Waals surface area contributed by atoms with Gasteiger partial charge in [0, 0.05) is 10.0 Å². The second-order valence-corrected chi connectivity index (χ2v) is 10.0. The predicted molar refractivity (Wildman–Crippen MR) is 137 cm³/mol. The lowest BCUT2D eigenvalue weighted by Gasteiger charge is -2.48. The zero-order valence-corrected chi connectivity index (χ0v) is 21.4. The normalized spacial score (nSPS) is 27.3. The summed E-state index contributed by atoms with van der Waals surface area (Å²) in [6.07, 6.45) is -1.20. The molecule has 3 aromatic carbocycles. The topological polar surface area (TPSA) is 123 Å². The molecule has 0 aromatic heterocycles. The summed E-state index contributed by atoms with van der Waals surface area (Å²) in [6, 6.07) is 30.1. The Morgan fingerprint density at radius 1 is 0.946 bits per heavy atom. The number of benzene rings is 3. The molecule has 5 rings (SSSR count). The van der Waals surface area contributed by atoms with Gasteiger partial charge in [0.2, 0.25) is 17.1 Å². The third-order valence-electron chi connectivity index (χ3n) is 7.32. The van der Waals surface area contributed by atoms with Crippen molar-refractivity contribution in [2.24, 2.45) is 16.7 Å². The Balaban J connectivity index is 1.63. The van der Waals surface area contributed by atoms with E-state index in [1.165, 1.54) is 0 Å². The van der Waals surface area contributed by atoms with E-state index in [2.05, 4.69) is 34.1 Å². The van der Waals surface area contributed by atoms with Crippen molar-refractivity contribution in [3.05, 3.63) is 100 Å². The molecule has 0 spiro atoms. The van der Waals surface area contributed by atoms with Crippen LogP contribution in [0.2, 0.25) is 0 Å². The minimum atomic E-state index is -2.05. The van der Waals surface area contributed by atoms with Gasteiger partial charge >= 0.3 is 0 Å². The van der Waals surface area contributed by atoms with E-state index in [1.54, 1.807) is 43.3 Å². The van der Waals surface area contributed by atoms with E-state index in [0.717, 1.165) is 10.0 Å². The van der Waals surface area contributed by atoms with Crippen LogP contribution in [0.1, 0.15) is 29.7 Å². The van der Waals surface area contributed by atoms with E-state index in [9.17, 15) is 15.8 Å². The number of rotatable bonds is 5. The molecule has 2 bridgehead atoms. The molecule has 2 saturated heterocycles. The Kier molecular flexibility index (Phi) is 6.00.